The van der Waals surface area contributed by atoms with Crippen molar-refractivity contribution in [2.75, 3.05) is 33.3 Å². The largest absolute Gasteiger partial charge is 0.497 e. The number of fused-ring (bicyclic) bond motifs is 1. The predicted octanol–water partition coefficient (Wildman–Crippen LogP) is 3.36. The molecule has 0 bridgehead atoms. The minimum atomic E-state index is -0.636. The normalized spacial score (nSPS) is 10.4. The summed E-state index contributed by atoms with van der Waals surface area (Å²) in [5, 5.41) is 3.39. The molecular formula is C22H22N2O6. The second kappa shape index (κ2) is 9.13. The van der Waals surface area contributed by atoms with Crippen LogP contribution in [-0.2, 0) is 9.53 Å². The van der Waals surface area contributed by atoms with Gasteiger partial charge in [0.1, 0.15) is 17.2 Å². The van der Waals surface area contributed by atoms with Crippen LogP contribution in [-0.4, -0.2) is 44.8 Å². The highest BCUT2D eigenvalue weighted by atomic mass is 16.5. The highest BCUT2D eigenvalue weighted by Crippen LogP contribution is 2.26. The van der Waals surface area contributed by atoms with Gasteiger partial charge in [0, 0.05) is 29.3 Å². The van der Waals surface area contributed by atoms with Gasteiger partial charge in [-0.15, -0.1) is 0 Å². The molecule has 3 rings (SSSR count). The topological polar surface area (TPSA) is 96.0 Å². The predicted molar refractivity (Wildman–Crippen MR) is 111 cm³/mol. The maximum Gasteiger partial charge on any atom is 0.340 e. The Balaban J connectivity index is 1.69. The van der Waals surface area contributed by atoms with E-state index < -0.39 is 18.5 Å². The molecule has 0 fully saturated rings. The van der Waals surface area contributed by atoms with Crippen LogP contribution in [0.1, 0.15) is 16.1 Å². The van der Waals surface area contributed by atoms with Crippen molar-refractivity contribution in [1.29, 1.82) is 0 Å². The Hall–Kier alpha value is -3.81. The first-order valence-electron chi connectivity index (χ1n) is 9.09. The summed E-state index contributed by atoms with van der Waals surface area (Å²) in [5.74, 6) is 0.570. The summed E-state index contributed by atoms with van der Waals surface area (Å²) in [6.45, 7) is 1.26. The van der Waals surface area contributed by atoms with Crippen molar-refractivity contribution in [1.82, 2.24) is 4.98 Å². The molecule has 1 amide bonds. The summed E-state index contributed by atoms with van der Waals surface area (Å²) in [6.07, 6.45) is 0. The highest BCUT2D eigenvalue weighted by molar-refractivity contribution is 5.98. The lowest BCUT2D eigenvalue weighted by Crippen LogP contribution is -2.21. The van der Waals surface area contributed by atoms with Gasteiger partial charge in [-0.1, -0.05) is 0 Å². The molecular weight excluding hydrogens is 388 g/mol. The number of anilines is 1. The third-order valence-corrected chi connectivity index (χ3v) is 4.40. The quantitative estimate of drug-likeness (QED) is 0.597. The van der Waals surface area contributed by atoms with Crippen LogP contribution in [0.15, 0.2) is 42.5 Å². The minimum Gasteiger partial charge on any atom is -0.497 e. The van der Waals surface area contributed by atoms with Gasteiger partial charge in [0.25, 0.3) is 5.91 Å². The third kappa shape index (κ3) is 4.78. The molecule has 0 spiro atoms. The third-order valence-electron chi connectivity index (χ3n) is 4.40. The number of carbonyl (C=O) groups is 2. The number of hydrogen-bond acceptors (Lipinski definition) is 7. The molecule has 30 heavy (non-hydrogen) atoms. The molecule has 2 aromatic carbocycles. The number of esters is 1. The van der Waals surface area contributed by atoms with Gasteiger partial charge in [0.05, 0.1) is 38.1 Å². The number of methoxy groups -OCH3 is 3. The molecule has 0 radical (unpaired) electrons. The molecule has 0 atom stereocenters. The van der Waals surface area contributed by atoms with Gasteiger partial charge in [0.15, 0.2) is 6.61 Å². The van der Waals surface area contributed by atoms with Gasteiger partial charge >= 0.3 is 5.97 Å². The first kappa shape index (κ1) is 20.9. The maximum atomic E-state index is 12.5. The molecule has 0 saturated heterocycles. The maximum absolute atomic E-state index is 12.5. The van der Waals surface area contributed by atoms with Crippen LogP contribution in [0.2, 0.25) is 0 Å². The summed E-state index contributed by atoms with van der Waals surface area (Å²) in [7, 11) is 4.59. The van der Waals surface area contributed by atoms with Crippen molar-refractivity contribution in [3.8, 4) is 17.2 Å². The fourth-order valence-corrected chi connectivity index (χ4v) is 2.87. The molecule has 0 unspecified atom stereocenters. The van der Waals surface area contributed by atoms with E-state index in [9.17, 15) is 9.59 Å². The fourth-order valence-electron chi connectivity index (χ4n) is 2.87. The standard InChI is InChI=1S/C22H22N2O6/c1-13-19(8-14-7-16(27-2)5-6-20(14)23-13)22(26)30-12-21(25)24-15-9-17(28-3)11-18(10-15)29-4/h5-11H,12H2,1-4H3,(H,24,25). The summed E-state index contributed by atoms with van der Waals surface area (Å²) in [4.78, 5) is 29.2. The number of ether oxygens (including phenoxy) is 4. The van der Waals surface area contributed by atoms with E-state index in [0.29, 0.717) is 28.6 Å². The van der Waals surface area contributed by atoms with Crippen molar-refractivity contribution < 1.29 is 28.5 Å². The highest BCUT2D eigenvalue weighted by Gasteiger charge is 2.16. The van der Waals surface area contributed by atoms with Crippen molar-refractivity contribution >= 4 is 28.5 Å². The van der Waals surface area contributed by atoms with Crippen LogP contribution in [0.5, 0.6) is 17.2 Å². The van der Waals surface area contributed by atoms with Crippen molar-refractivity contribution in [2.45, 2.75) is 6.92 Å². The number of carbonyl (C=O) groups excluding carboxylic acids is 2. The summed E-state index contributed by atoms with van der Waals surface area (Å²) < 4.78 is 20.7. The molecule has 3 aromatic rings. The zero-order chi connectivity index (χ0) is 21.7. The number of aryl methyl sites for hydroxylation is 1. The molecule has 8 nitrogen and oxygen atoms in total. The molecule has 156 valence electrons. The van der Waals surface area contributed by atoms with Gasteiger partial charge < -0.3 is 24.3 Å². The van der Waals surface area contributed by atoms with Crippen LogP contribution in [0.25, 0.3) is 10.9 Å². The van der Waals surface area contributed by atoms with Crippen molar-refractivity contribution in [3.05, 3.63) is 53.7 Å². The van der Waals surface area contributed by atoms with Crippen molar-refractivity contribution in [3.63, 3.8) is 0 Å². The Morgan fingerprint density at radius 2 is 1.57 bits per heavy atom. The van der Waals surface area contributed by atoms with Crippen LogP contribution < -0.4 is 19.5 Å². The second-order valence-corrected chi connectivity index (χ2v) is 6.41. The first-order chi connectivity index (χ1) is 14.4. The van der Waals surface area contributed by atoms with E-state index in [1.54, 1.807) is 50.4 Å². The lowest BCUT2D eigenvalue weighted by atomic mass is 10.1. The Labute approximate surface area is 173 Å². The smallest absolute Gasteiger partial charge is 0.340 e. The van der Waals surface area contributed by atoms with Gasteiger partial charge in [-0.3, -0.25) is 9.78 Å². The number of aromatic nitrogens is 1. The summed E-state index contributed by atoms with van der Waals surface area (Å²) in [6, 6.07) is 12.0. The molecule has 0 aliphatic carbocycles. The zero-order valence-electron chi connectivity index (χ0n) is 17.1. The molecule has 1 aromatic heterocycles. The van der Waals surface area contributed by atoms with Gasteiger partial charge in [-0.2, -0.15) is 0 Å². The molecule has 1 N–H and O–H groups in total. The van der Waals surface area contributed by atoms with Gasteiger partial charge in [0.2, 0.25) is 0 Å². The number of nitrogens with zero attached hydrogens (tertiary/aromatic N) is 1. The van der Waals surface area contributed by atoms with E-state index in [4.69, 9.17) is 18.9 Å². The minimum absolute atomic E-state index is 0.284. The van der Waals surface area contributed by atoms with Crippen LogP contribution >= 0.6 is 0 Å². The number of benzene rings is 2. The molecule has 8 heteroatoms. The molecule has 0 saturated carbocycles. The average Bonchev–Trinajstić information content (AvgIpc) is 2.76. The number of rotatable bonds is 7. The van der Waals surface area contributed by atoms with E-state index in [1.807, 2.05) is 6.07 Å². The average molecular weight is 410 g/mol. The first-order valence-corrected chi connectivity index (χ1v) is 9.09. The fraction of sp³-hybridized carbons (Fsp3) is 0.227. The molecule has 0 aliphatic rings. The SMILES string of the molecule is COc1cc(NC(=O)COC(=O)c2cc3cc(OC)ccc3nc2C)cc(OC)c1. The van der Waals surface area contributed by atoms with E-state index >= 15 is 0 Å². The lowest BCUT2D eigenvalue weighted by Gasteiger charge is -2.11. The van der Waals surface area contributed by atoms with Crippen molar-refractivity contribution in [2.24, 2.45) is 0 Å². The summed E-state index contributed by atoms with van der Waals surface area (Å²) in [5.41, 5.74) is 1.99. The van der Waals surface area contributed by atoms with Crippen LogP contribution in [0.4, 0.5) is 5.69 Å². The zero-order valence-corrected chi connectivity index (χ0v) is 17.1. The lowest BCUT2D eigenvalue weighted by molar-refractivity contribution is -0.119. The van der Waals surface area contributed by atoms with E-state index in [-0.39, 0.29) is 5.56 Å². The van der Waals surface area contributed by atoms with E-state index in [2.05, 4.69) is 10.3 Å². The van der Waals surface area contributed by atoms with Gasteiger partial charge in [-0.25, -0.2) is 4.79 Å². The molecule has 1 heterocycles. The number of hydrogen-bond donors (Lipinski definition) is 1. The van der Waals surface area contributed by atoms with E-state index in [0.717, 1.165) is 10.9 Å². The van der Waals surface area contributed by atoms with Crippen LogP contribution in [0, 0.1) is 6.92 Å². The molecule has 0 aliphatic heterocycles. The summed E-state index contributed by atoms with van der Waals surface area (Å²) >= 11 is 0. The van der Waals surface area contributed by atoms with Crippen LogP contribution in [0.3, 0.4) is 0 Å². The van der Waals surface area contributed by atoms with E-state index in [1.165, 1.54) is 14.2 Å². The monoisotopic (exact) mass is 410 g/mol. The number of nitrogens with one attached hydrogen (secondary N) is 1. The second-order valence-electron chi connectivity index (χ2n) is 6.41. The van der Waals surface area contributed by atoms with Gasteiger partial charge in [-0.05, 0) is 31.2 Å². The number of pyridine rings is 1. The Morgan fingerprint density at radius 3 is 2.20 bits per heavy atom. The Kier molecular flexibility index (Phi) is 6.36. The Bertz CT molecular complexity index is 1070. The Morgan fingerprint density at radius 1 is 0.900 bits per heavy atom. The number of amides is 1.